The molecule has 0 aliphatic carbocycles. The topological polar surface area (TPSA) is 53.1 Å². The Kier molecular flexibility index (Phi) is 3.57. The van der Waals surface area contributed by atoms with Crippen molar-refractivity contribution >= 4 is 23.3 Å². The van der Waals surface area contributed by atoms with Crippen LogP contribution in [0.5, 0.6) is 0 Å². The second-order valence-corrected chi connectivity index (χ2v) is 5.34. The van der Waals surface area contributed by atoms with Gasteiger partial charge < -0.3 is 10.6 Å². The predicted molar refractivity (Wildman–Crippen MR) is 71.5 cm³/mol. The number of nitrogens with zero attached hydrogens (tertiary/aromatic N) is 1. The van der Waals surface area contributed by atoms with Crippen LogP contribution in [0.15, 0.2) is 18.2 Å². The van der Waals surface area contributed by atoms with E-state index < -0.39 is 0 Å². The van der Waals surface area contributed by atoms with Crippen LogP contribution in [0, 0.1) is 11.2 Å². The summed E-state index contributed by atoms with van der Waals surface area (Å²) in [5.74, 6) is 1.68. The number of amidine groups is 1. The molecule has 3 nitrogen and oxygen atoms in total. The Hall–Kier alpha value is -1.23. The molecule has 1 aromatic rings. The average Bonchev–Trinajstić information content (AvgIpc) is 2.30. The van der Waals surface area contributed by atoms with Gasteiger partial charge in [-0.2, -0.15) is 11.8 Å². The van der Waals surface area contributed by atoms with Gasteiger partial charge in [-0.1, -0.05) is 0 Å². The number of thioether (sulfide) groups is 1. The first-order valence-electron chi connectivity index (χ1n) is 5.58. The molecule has 1 heterocycles. The van der Waals surface area contributed by atoms with E-state index in [1.165, 1.54) is 12.1 Å². The zero-order valence-electron chi connectivity index (χ0n) is 9.74. The fourth-order valence-corrected chi connectivity index (χ4v) is 3.07. The van der Waals surface area contributed by atoms with Gasteiger partial charge >= 0.3 is 0 Å². The van der Waals surface area contributed by atoms with Gasteiger partial charge in [0.2, 0.25) is 0 Å². The van der Waals surface area contributed by atoms with Crippen molar-refractivity contribution in [1.29, 1.82) is 5.41 Å². The van der Waals surface area contributed by atoms with Crippen molar-refractivity contribution < 1.29 is 4.39 Å². The Morgan fingerprint density at radius 1 is 1.59 bits per heavy atom. The van der Waals surface area contributed by atoms with Gasteiger partial charge in [-0.3, -0.25) is 5.41 Å². The van der Waals surface area contributed by atoms with E-state index in [0.717, 1.165) is 23.7 Å². The fourth-order valence-electron chi connectivity index (χ4n) is 2.06. The largest absolute Gasteiger partial charge is 0.384 e. The highest BCUT2D eigenvalue weighted by molar-refractivity contribution is 7.99. The molecule has 0 bridgehead atoms. The van der Waals surface area contributed by atoms with Gasteiger partial charge in [-0.15, -0.1) is 0 Å². The van der Waals surface area contributed by atoms with Crippen LogP contribution in [-0.4, -0.2) is 29.9 Å². The van der Waals surface area contributed by atoms with Gasteiger partial charge in [0.05, 0.1) is 0 Å². The number of nitrogens with one attached hydrogen (secondary N) is 1. The minimum Gasteiger partial charge on any atom is -0.384 e. The van der Waals surface area contributed by atoms with Crippen molar-refractivity contribution in [1.82, 2.24) is 0 Å². The standard InChI is InChI=1S/C12H16FN3S/c1-8-7-17-5-4-16(8)11-3-2-9(13)6-10(11)12(14)15/h2-3,6,8H,4-5,7H2,1H3,(H3,14,15). The third kappa shape index (κ3) is 2.54. The molecule has 1 saturated heterocycles. The first-order valence-corrected chi connectivity index (χ1v) is 6.73. The molecule has 3 N–H and O–H groups in total. The number of rotatable bonds is 2. The molecule has 17 heavy (non-hydrogen) atoms. The van der Waals surface area contributed by atoms with Crippen LogP contribution in [0.1, 0.15) is 12.5 Å². The Labute approximate surface area is 105 Å². The number of anilines is 1. The van der Waals surface area contributed by atoms with Crippen molar-refractivity contribution in [3.63, 3.8) is 0 Å². The summed E-state index contributed by atoms with van der Waals surface area (Å²) < 4.78 is 13.2. The molecule has 1 atom stereocenters. The van der Waals surface area contributed by atoms with Crippen molar-refractivity contribution in [2.75, 3.05) is 23.0 Å². The Bertz CT molecular complexity index is 436. The normalized spacial score (nSPS) is 20.4. The lowest BCUT2D eigenvalue weighted by atomic mass is 10.1. The van der Waals surface area contributed by atoms with E-state index in [-0.39, 0.29) is 11.7 Å². The summed E-state index contributed by atoms with van der Waals surface area (Å²) in [5, 5.41) is 7.54. The van der Waals surface area contributed by atoms with Gasteiger partial charge in [0, 0.05) is 35.3 Å². The number of benzene rings is 1. The zero-order chi connectivity index (χ0) is 12.4. The number of nitrogen functional groups attached to an aromatic ring is 1. The number of halogens is 1. The minimum absolute atomic E-state index is 0.0788. The van der Waals surface area contributed by atoms with Crippen LogP contribution in [0.2, 0.25) is 0 Å². The highest BCUT2D eigenvalue weighted by Gasteiger charge is 2.22. The van der Waals surface area contributed by atoms with Crippen LogP contribution in [0.25, 0.3) is 0 Å². The highest BCUT2D eigenvalue weighted by Crippen LogP contribution is 2.27. The summed E-state index contributed by atoms with van der Waals surface area (Å²) in [6.07, 6.45) is 0. The molecular formula is C12H16FN3S. The third-order valence-corrected chi connectivity index (χ3v) is 4.12. The lowest BCUT2D eigenvalue weighted by molar-refractivity contribution is 0.625. The lowest BCUT2D eigenvalue weighted by Crippen LogP contribution is -2.41. The lowest BCUT2D eigenvalue weighted by Gasteiger charge is -2.36. The molecule has 92 valence electrons. The van der Waals surface area contributed by atoms with Crippen molar-refractivity contribution in [3.05, 3.63) is 29.6 Å². The van der Waals surface area contributed by atoms with E-state index in [4.69, 9.17) is 11.1 Å². The summed E-state index contributed by atoms with van der Waals surface area (Å²) in [7, 11) is 0. The van der Waals surface area contributed by atoms with Crippen LogP contribution >= 0.6 is 11.8 Å². The van der Waals surface area contributed by atoms with Gasteiger partial charge in [0.15, 0.2) is 0 Å². The molecule has 2 rings (SSSR count). The van der Waals surface area contributed by atoms with E-state index in [9.17, 15) is 4.39 Å². The Morgan fingerprint density at radius 3 is 3.00 bits per heavy atom. The number of hydrogen-bond acceptors (Lipinski definition) is 3. The molecule has 5 heteroatoms. The second-order valence-electron chi connectivity index (χ2n) is 4.19. The maximum Gasteiger partial charge on any atom is 0.125 e. The highest BCUT2D eigenvalue weighted by atomic mass is 32.2. The third-order valence-electron chi connectivity index (χ3n) is 2.93. The molecule has 0 aromatic heterocycles. The first kappa shape index (κ1) is 12.2. The predicted octanol–water partition coefficient (Wildman–Crippen LogP) is 2.05. The average molecular weight is 253 g/mol. The van der Waals surface area contributed by atoms with Crippen LogP contribution in [-0.2, 0) is 0 Å². The van der Waals surface area contributed by atoms with Gasteiger partial charge in [-0.25, -0.2) is 4.39 Å². The SMILES string of the molecule is CC1CSCCN1c1ccc(F)cc1C(=N)N. The minimum atomic E-state index is -0.349. The summed E-state index contributed by atoms with van der Waals surface area (Å²) in [6.45, 7) is 3.05. The molecule has 0 saturated carbocycles. The van der Waals surface area contributed by atoms with Crippen LogP contribution in [0.3, 0.4) is 0 Å². The zero-order valence-corrected chi connectivity index (χ0v) is 10.6. The summed E-state index contributed by atoms with van der Waals surface area (Å²) in [6, 6.07) is 4.87. The van der Waals surface area contributed by atoms with Crippen molar-refractivity contribution in [3.8, 4) is 0 Å². The van der Waals surface area contributed by atoms with E-state index in [1.54, 1.807) is 6.07 Å². The van der Waals surface area contributed by atoms with E-state index >= 15 is 0 Å². The Morgan fingerprint density at radius 2 is 2.35 bits per heavy atom. The molecule has 1 fully saturated rings. The van der Waals surface area contributed by atoms with Gasteiger partial charge in [0.25, 0.3) is 0 Å². The van der Waals surface area contributed by atoms with E-state index in [1.807, 2.05) is 11.8 Å². The van der Waals surface area contributed by atoms with E-state index in [0.29, 0.717) is 11.6 Å². The van der Waals surface area contributed by atoms with Crippen LogP contribution < -0.4 is 10.6 Å². The van der Waals surface area contributed by atoms with E-state index in [2.05, 4.69) is 11.8 Å². The molecule has 0 radical (unpaired) electrons. The molecule has 1 unspecified atom stereocenters. The molecule has 1 aliphatic heterocycles. The number of hydrogen-bond donors (Lipinski definition) is 2. The van der Waals surface area contributed by atoms with Gasteiger partial charge in [-0.05, 0) is 25.1 Å². The van der Waals surface area contributed by atoms with Crippen molar-refractivity contribution in [2.45, 2.75) is 13.0 Å². The van der Waals surface area contributed by atoms with Gasteiger partial charge in [0.1, 0.15) is 11.7 Å². The maximum atomic E-state index is 13.2. The molecule has 0 spiro atoms. The number of nitrogens with two attached hydrogens (primary N) is 1. The monoisotopic (exact) mass is 253 g/mol. The molecule has 1 aromatic carbocycles. The molecular weight excluding hydrogens is 237 g/mol. The maximum absolute atomic E-state index is 13.2. The first-order chi connectivity index (χ1) is 8.09. The molecule has 1 aliphatic rings. The molecule has 0 amide bonds. The fraction of sp³-hybridized carbons (Fsp3) is 0.417. The summed E-state index contributed by atoms with van der Waals surface area (Å²) in [5.41, 5.74) is 6.88. The van der Waals surface area contributed by atoms with Crippen molar-refractivity contribution in [2.24, 2.45) is 5.73 Å². The smallest absolute Gasteiger partial charge is 0.125 e. The Balaban J connectivity index is 2.39. The summed E-state index contributed by atoms with van der Waals surface area (Å²) >= 11 is 1.92. The second kappa shape index (κ2) is 4.96. The van der Waals surface area contributed by atoms with Crippen LogP contribution in [0.4, 0.5) is 10.1 Å². The summed E-state index contributed by atoms with van der Waals surface area (Å²) in [4.78, 5) is 2.20. The quantitative estimate of drug-likeness (QED) is 0.626.